The topological polar surface area (TPSA) is 100 Å². The number of aromatic nitrogens is 3. The van der Waals surface area contributed by atoms with Crippen molar-refractivity contribution in [1.82, 2.24) is 14.8 Å². The molecule has 0 amide bonds. The number of methoxy groups -OCH3 is 1. The first-order chi connectivity index (χ1) is 9.38. The Morgan fingerprint density at radius 2 is 2.10 bits per heavy atom. The third-order valence-electron chi connectivity index (χ3n) is 2.70. The number of nitrogens with two attached hydrogens (primary N) is 1. The van der Waals surface area contributed by atoms with Gasteiger partial charge in [0.2, 0.25) is 0 Å². The van der Waals surface area contributed by atoms with Crippen LogP contribution in [0, 0.1) is 5.82 Å². The van der Waals surface area contributed by atoms with E-state index in [-0.39, 0.29) is 16.7 Å². The highest BCUT2D eigenvalue weighted by atomic mass is 32.2. The van der Waals surface area contributed by atoms with E-state index in [0.717, 1.165) is 0 Å². The second kappa shape index (κ2) is 5.17. The van der Waals surface area contributed by atoms with Gasteiger partial charge in [-0.15, -0.1) is 10.2 Å². The Hall–Kier alpha value is -2.00. The van der Waals surface area contributed by atoms with Crippen molar-refractivity contribution in [1.29, 1.82) is 0 Å². The lowest BCUT2D eigenvalue weighted by molar-refractivity contribution is 0.386. The predicted molar refractivity (Wildman–Crippen MR) is 69.0 cm³/mol. The summed E-state index contributed by atoms with van der Waals surface area (Å²) >= 11 is 0. The standard InChI is InChI=1S/C11H13FN4O3S/c1-3-16-10(14-15-11(16)20(13,17)18)7-4-5-8(12)9(6-7)19-2/h4-6H,3H2,1-2H3,(H2,13,17,18). The Bertz CT molecular complexity index is 742. The van der Waals surface area contributed by atoms with Crippen LogP contribution < -0.4 is 9.88 Å². The normalized spacial score (nSPS) is 11.6. The van der Waals surface area contributed by atoms with Gasteiger partial charge >= 0.3 is 0 Å². The zero-order valence-corrected chi connectivity index (χ0v) is 11.7. The van der Waals surface area contributed by atoms with E-state index >= 15 is 0 Å². The maximum Gasteiger partial charge on any atom is 0.273 e. The van der Waals surface area contributed by atoms with Crippen molar-refractivity contribution < 1.29 is 17.5 Å². The summed E-state index contributed by atoms with van der Waals surface area (Å²) in [6.45, 7) is 2.02. The number of hydrogen-bond donors (Lipinski definition) is 1. The SMILES string of the molecule is CCn1c(-c2ccc(F)c(OC)c2)nnc1S(N)(=O)=O. The van der Waals surface area contributed by atoms with Gasteiger partial charge in [-0.05, 0) is 25.1 Å². The fourth-order valence-corrected chi connectivity index (χ4v) is 2.47. The smallest absolute Gasteiger partial charge is 0.273 e. The Kier molecular flexibility index (Phi) is 3.73. The minimum atomic E-state index is -3.97. The van der Waals surface area contributed by atoms with E-state index in [2.05, 4.69) is 10.2 Å². The molecule has 108 valence electrons. The lowest BCUT2D eigenvalue weighted by atomic mass is 10.2. The van der Waals surface area contributed by atoms with Crippen LogP contribution in [0.1, 0.15) is 6.92 Å². The number of primary sulfonamides is 1. The molecule has 0 aliphatic rings. The highest BCUT2D eigenvalue weighted by molar-refractivity contribution is 7.89. The van der Waals surface area contributed by atoms with E-state index in [1.807, 2.05) is 0 Å². The van der Waals surface area contributed by atoms with E-state index in [9.17, 15) is 12.8 Å². The van der Waals surface area contributed by atoms with Crippen LogP contribution in [-0.4, -0.2) is 30.3 Å². The Labute approximate surface area is 115 Å². The molecule has 0 fully saturated rings. The highest BCUT2D eigenvalue weighted by Gasteiger charge is 2.21. The zero-order chi connectivity index (χ0) is 14.9. The Balaban J connectivity index is 2.62. The van der Waals surface area contributed by atoms with Crippen molar-refractivity contribution in [2.45, 2.75) is 18.6 Å². The number of halogens is 1. The van der Waals surface area contributed by atoms with Gasteiger partial charge in [0.05, 0.1) is 7.11 Å². The number of sulfonamides is 1. The van der Waals surface area contributed by atoms with Gasteiger partial charge in [0.25, 0.3) is 15.2 Å². The summed E-state index contributed by atoms with van der Waals surface area (Å²) in [5.74, 6) is -0.217. The number of benzene rings is 1. The van der Waals surface area contributed by atoms with Crippen LogP contribution in [-0.2, 0) is 16.6 Å². The van der Waals surface area contributed by atoms with Gasteiger partial charge in [0.1, 0.15) is 0 Å². The Morgan fingerprint density at radius 1 is 1.40 bits per heavy atom. The van der Waals surface area contributed by atoms with E-state index < -0.39 is 15.8 Å². The van der Waals surface area contributed by atoms with Crippen LogP contribution in [0.2, 0.25) is 0 Å². The average Bonchev–Trinajstić information content (AvgIpc) is 2.83. The maximum absolute atomic E-state index is 13.4. The van der Waals surface area contributed by atoms with E-state index in [4.69, 9.17) is 9.88 Å². The zero-order valence-electron chi connectivity index (χ0n) is 10.9. The molecule has 0 aliphatic heterocycles. The third kappa shape index (κ3) is 2.49. The fourth-order valence-electron chi connectivity index (χ4n) is 1.80. The van der Waals surface area contributed by atoms with Crippen molar-refractivity contribution in [3.8, 4) is 17.1 Å². The molecule has 0 radical (unpaired) electrons. The van der Waals surface area contributed by atoms with Gasteiger partial charge in [-0.1, -0.05) is 0 Å². The monoisotopic (exact) mass is 300 g/mol. The number of ether oxygens (including phenoxy) is 1. The molecule has 0 saturated carbocycles. The molecule has 20 heavy (non-hydrogen) atoms. The number of nitrogens with zero attached hydrogens (tertiary/aromatic N) is 3. The van der Waals surface area contributed by atoms with Gasteiger partial charge in [-0.25, -0.2) is 17.9 Å². The molecule has 9 heteroatoms. The molecule has 0 saturated heterocycles. The van der Waals surface area contributed by atoms with Crippen LogP contribution in [0.4, 0.5) is 4.39 Å². The van der Waals surface area contributed by atoms with E-state index in [1.165, 1.54) is 29.9 Å². The van der Waals surface area contributed by atoms with Gasteiger partial charge < -0.3 is 4.74 Å². The molecule has 2 aromatic rings. The molecule has 0 bridgehead atoms. The van der Waals surface area contributed by atoms with Crippen LogP contribution in [0.3, 0.4) is 0 Å². The molecule has 0 unspecified atom stereocenters. The minimum absolute atomic E-state index is 0.0327. The first-order valence-corrected chi connectivity index (χ1v) is 7.23. The van der Waals surface area contributed by atoms with Crippen molar-refractivity contribution in [3.63, 3.8) is 0 Å². The second-order valence-corrected chi connectivity index (χ2v) is 5.40. The van der Waals surface area contributed by atoms with E-state index in [1.54, 1.807) is 6.92 Å². The molecule has 7 nitrogen and oxygen atoms in total. The molecule has 0 atom stereocenters. The summed E-state index contributed by atoms with van der Waals surface area (Å²) in [6, 6.07) is 4.08. The van der Waals surface area contributed by atoms with Gasteiger partial charge in [-0.2, -0.15) is 0 Å². The molecular formula is C11H13FN4O3S. The van der Waals surface area contributed by atoms with Crippen molar-refractivity contribution in [2.24, 2.45) is 5.14 Å². The molecule has 2 N–H and O–H groups in total. The molecule has 2 rings (SSSR count). The fraction of sp³-hybridized carbons (Fsp3) is 0.273. The molecule has 1 aromatic heterocycles. The average molecular weight is 300 g/mol. The molecule has 1 aromatic carbocycles. The number of rotatable bonds is 4. The van der Waals surface area contributed by atoms with Gasteiger partial charge in [0.15, 0.2) is 17.4 Å². The molecular weight excluding hydrogens is 287 g/mol. The summed E-state index contributed by atoms with van der Waals surface area (Å²) in [5.41, 5.74) is 0.479. The molecule has 0 spiro atoms. The summed E-state index contributed by atoms with van der Waals surface area (Å²) in [7, 11) is -2.64. The quantitative estimate of drug-likeness (QED) is 0.898. The van der Waals surface area contributed by atoms with Crippen molar-refractivity contribution in [3.05, 3.63) is 24.0 Å². The lowest BCUT2D eigenvalue weighted by Crippen LogP contribution is -2.18. The van der Waals surface area contributed by atoms with Crippen LogP contribution >= 0.6 is 0 Å². The number of hydrogen-bond acceptors (Lipinski definition) is 5. The summed E-state index contributed by atoms with van der Waals surface area (Å²) < 4.78 is 42.4. The van der Waals surface area contributed by atoms with E-state index in [0.29, 0.717) is 12.1 Å². The van der Waals surface area contributed by atoms with Crippen molar-refractivity contribution in [2.75, 3.05) is 7.11 Å². The van der Waals surface area contributed by atoms with Crippen molar-refractivity contribution >= 4 is 10.0 Å². The van der Waals surface area contributed by atoms with Crippen LogP contribution in [0.15, 0.2) is 23.4 Å². The third-order valence-corrected chi connectivity index (χ3v) is 3.51. The van der Waals surface area contributed by atoms with Gasteiger partial charge in [-0.3, -0.25) is 4.57 Å². The van der Waals surface area contributed by atoms with Crippen LogP contribution in [0.25, 0.3) is 11.4 Å². The summed E-state index contributed by atoms with van der Waals surface area (Å²) in [4.78, 5) is 0. The maximum atomic E-state index is 13.4. The first kappa shape index (κ1) is 14.4. The second-order valence-electron chi connectivity index (χ2n) is 3.94. The summed E-state index contributed by atoms with van der Waals surface area (Å²) in [6.07, 6.45) is 0. The first-order valence-electron chi connectivity index (χ1n) is 5.68. The molecule has 0 aliphatic carbocycles. The largest absolute Gasteiger partial charge is 0.494 e. The summed E-state index contributed by atoms with van der Waals surface area (Å²) in [5, 5.41) is 12.1. The predicted octanol–water partition coefficient (Wildman–Crippen LogP) is 0.760. The lowest BCUT2D eigenvalue weighted by Gasteiger charge is -2.08. The Morgan fingerprint density at radius 3 is 2.65 bits per heavy atom. The molecule has 1 heterocycles. The minimum Gasteiger partial charge on any atom is -0.494 e. The van der Waals surface area contributed by atoms with Crippen LogP contribution in [0.5, 0.6) is 5.75 Å². The highest BCUT2D eigenvalue weighted by Crippen LogP contribution is 2.26. The van der Waals surface area contributed by atoms with Gasteiger partial charge in [0, 0.05) is 12.1 Å².